The first-order valence-electron chi connectivity index (χ1n) is 4.31. The van der Waals surface area contributed by atoms with Gasteiger partial charge in [-0.3, -0.25) is 0 Å². The summed E-state index contributed by atoms with van der Waals surface area (Å²) in [6.07, 6.45) is 0. The molecular formula is C8H17N3OS. The second kappa shape index (κ2) is 5.75. The summed E-state index contributed by atoms with van der Waals surface area (Å²) in [6, 6.07) is -0.0154. The summed E-state index contributed by atoms with van der Waals surface area (Å²) in [7, 11) is 0. The van der Waals surface area contributed by atoms with Crippen LogP contribution in [0.3, 0.4) is 0 Å². The summed E-state index contributed by atoms with van der Waals surface area (Å²) in [5.74, 6) is 0. The quantitative estimate of drug-likeness (QED) is 0.662. The summed E-state index contributed by atoms with van der Waals surface area (Å²) in [5.41, 5.74) is 5.37. The van der Waals surface area contributed by atoms with Gasteiger partial charge in [0.15, 0.2) is 0 Å². The smallest absolute Gasteiger partial charge is 0.318 e. The largest absolute Gasteiger partial charge is 0.392 e. The lowest BCUT2D eigenvalue weighted by Gasteiger charge is -2.26. The summed E-state index contributed by atoms with van der Waals surface area (Å²) >= 11 is 4.75. The predicted octanol–water partition coefficient (Wildman–Crippen LogP) is 0.712. The molecule has 0 aromatic heterocycles. The summed E-state index contributed by atoms with van der Waals surface area (Å²) in [4.78, 5) is 13.4. The van der Waals surface area contributed by atoms with Crippen LogP contribution in [0.2, 0.25) is 0 Å². The summed E-state index contributed by atoms with van der Waals surface area (Å²) in [5, 5.41) is 2.70. The van der Waals surface area contributed by atoms with Crippen molar-refractivity contribution in [3.63, 3.8) is 0 Å². The van der Waals surface area contributed by atoms with Crippen LogP contribution in [0.1, 0.15) is 20.8 Å². The highest BCUT2D eigenvalue weighted by Crippen LogP contribution is 1.98. The Morgan fingerprint density at radius 1 is 1.62 bits per heavy atom. The summed E-state index contributed by atoms with van der Waals surface area (Å²) < 4.78 is 0. The standard InChI is InChI=1S/C8H17N3OS/c1-4-10-8(12)11(6(2)3)5-7(9)13/h6H,4-5H2,1-3H3,(H2,9,13)(H,10,12). The SMILES string of the molecule is CCNC(=O)N(CC(N)=S)C(C)C. The molecule has 0 radical (unpaired) electrons. The minimum absolute atomic E-state index is 0.105. The molecule has 0 aromatic carbocycles. The number of hydrogen-bond donors (Lipinski definition) is 2. The Hall–Kier alpha value is -0.840. The van der Waals surface area contributed by atoms with Crippen LogP contribution in [0.5, 0.6) is 0 Å². The van der Waals surface area contributed by atoms with Gasteiger partial charge >= 0.3 is 6.03 Å². The van der Waals surface area contributed by atoms with Crippen molar-refractivity contribution in [2.45, 2.75) is 26.8 Å². The van der Waals surface area contributed by atoms with Gasteiger partial charge in [-0.15, -0.1) is 0 Å². The molecule has 0 aromatic rings. The molecule has 0 aliphatic rings. The molecule has 13 heavy (non-hydrogen) atoms. The van der Waals surface area contributed by atoms with Gasteiger partial charge in [0, 0.05) is 12.6 Å². The van der Waals surface area contributed by atoms with Gasteiger partial charge in [-0.25, -0.2) is 4.79 Å². The third-order valence-corrected chi connectivity index (χ3v) is 1.67. The van der Waals surface area contributed by atoms with Gasteiger partial charge in [-0.1, -0.05) is 12.2 Å². The number of nitrogens with zero attached hydrogens (tertiary/aromatic N) is 1. The van der Waals surface area contributed by atoms with Gasteiger partial charge in [0.1, 0.15) is 0 Å². The van der Waals surface area contributed by atoms with Crippen LogP contribution in [0.25, 0.3) is 0 Å². The molecule has 0 bridgehead atoms. The Bertz CT molecular complexity index is 194. The molecule has 0 spiro atoms. The van der Waals surface area contributed by atoms with Gasteiger partial charge < -0.3 is 16.0 Å². The minimum Gasteiger partial charge on any atom is -0.392 e. The maximum atomic E-state index is 11.4. The topological polar surface area (TPSA) is 58.4 Å². The number of nitrogens with one attached hydrogen (secondary N) is 1. The van der Waals surface area contributed by atoms with Crippen LogP contribution in [0.15, 0.2) is 0 Å². The van der Waals surface area contributed by atoms with Crippen molar-refractivity contribution in [1.82, 2.24) is 10.2 Å². The lowest BCUT2D eigenvalue weighted by Crippen LogP contribution is -2.47. The molecule has 0 heterocycles. The van der Waals surface area contributed by atoms with E-state index in [2.05, 4.69) is 5.32 Å². The Morgan fingerprint density at radius 2 is 2.15 bits per heavy atom. The number of amides is 2. The molecule has 0 fully saturated rings. The van der Waals surface area contributed by atoms with E-state index in [1.165, 1.54) is 0 Å². The molecular weight excluding hydrogens is 186 g/mol. The van der Waals surface area contributed by atoms with E-state index in [0.717, 1.165) is 0 Å². The van der Waals surface area contributed by atoms with Crippen LogP contribution in [0, 0.1) is 0 Å². The molecule has 0 aliphatic carbocycles. The molecule has 0 aliphatic heterocycles. The van der Waals surface area contributed by atoms with Crippen LogP contribution < -0.4 is 11.1 Å². The normalized spacial score (nSPS) is 9.85. The molecule has 3 N–H and O–H groups in total. The van der Waals surface area contributed by atoms with Crippen molar-refractivity contribution in [2.75, 3.05) is 13.1 Å². The zero-order valence-corrected chi connectivity index (χ0v) is 9.15. The number of rotatable bonds is 4. The van der Waals surface area contributed by atoms with Crippen LogP contribution in [0.4, 0.5) is 4.79 Å². The van der Waals surface area contributed by atoms with E-state index >= 15 is 0 Å². The Labute approximate surface area is 84.5 Å². The van der Waals surface area contributed by atoms with Crippen molar-refractivity contribution >= 4 is 23.2 Å². The number of carbonyl (C=O) groups is 1. The predicted molar refractivity (Wildman–Crippen MR) is 57.7 cm³/mol. The highest BCUT2D eigenvalue weighted by Gasteiger charge is 2.16. The number of nitrogens with two attached hydrogens (primary N) is 1. The third-order valence-electron chi connectivity index (χ3n) is 1.54. The molecule has 2 amide bonds. The van der Waals surface area contributed by atoms with E-state index < -0.39 is 0 Å². The highest BCUT2D eigenvalue weighted by atomic mass is 32.1. The third kappa shape index (κ3) is 4.67. The monoisotopic (exact) mass is 203 g/mol. The molecule has 4 nitrogen and oxygen atoms in total. The van der Waals surface area contributed by atoms with Gasteiger partial charge in [-0.05, 0) is 20.8 Å². The van der Waals surface area contributed by atoms with Crippen LogP contribution >= 0.6 is 12.2 Å². The zero-order valence-electron chi connectivity index (χ0n) is 8.33. The van der Waals surface area contributed by atoms with Crippen LogP contribution in [-0.2, 0) is 0 Å². The van der Waals surface area contributed by atoms with Gasteiger partial charge in [0.2, 0.25) is 0 Å². The fraction of sp³-hybridized carbons (Fsp3) is 0.750. The maximum Gasteiger partial charge on any atom is 0.318 e. The van der Waals surface area contributed by atoms with Crippen molar-refractivity contribution < 1.29 is 4.79 Å². The highest BCUT2D eigenvalue weighted by molar-refractivity contribution is 7.80. The molecule has 0 saturated heterocycles. The summed E-state index contributed by atoms with van der Waals surface area (Å²) in [6.45, 7) is 6.66. The number of carbonyl (C=O) groups excluding carboxylic acids is 1. The Balaban J connectivity index is 4.24. The second-order valence-corrected chi connectivity index (χ2v) is 3.55. The fourth-order valence-electron chi connectivity index (χ4n) is 0.910. The van der Waals surface area contributed by atoms with E-state index in [4.69, 9.17) is 18.0 Å². The van der Waals surface area contributed by atoms with Crippen molar-refractivity contribution in [1.29, 1.82) is 0 Å². The first kappa shape index (κ1) is 12.2. The number of hydrogen-bond acceptors (Lipinski definition) is 2. The van der Waals surface area contributed by atoms with Crippen molar-refractivity contribution in [2.24, 2.45) is 5.73 Å². The van der Waals surface area contributed by atoms with E-state index in [1.807, 2.05) is 20.8 Å². The number of urea groups is 1. The van der Waals surface area contributed by atoms with E-state index in [0.29, 0.717) is 18.1 Å². The molecule has 0 rings (SSSR count). The van der Waals surface area contributed by atoms with E-state index in [-0.39, 0.29) is 12.1 Å². The van der Waals surface area contributed by atoms with E-state index in [1.54, 1.807) is 4.90 Å². The van der Waals surface area contributed by atoms with Gasteiger partial charge in [-0.2, -0.15) is 0 Å². The molecule has 76 valence electrons. The molecule has 0 unspecified atom stereocenters. The first-order valence-corrected chi connectivity index (χ1v) is 4.72. The van der Waals surface area contributed by atoms with Crippen molar-refractivity contribution in [3.8, 4) is 0 Å². The lowest BCUT2D eigenvalue weighted by molar-refractivity contribution is 0.193. The van der Waals surface area contributed by atoms with E-state index in [9.17, 15) is 4.79 Å². The maximum absolute atomic E-state index is 11.4. The zero-order chi connectivity index (χ0) is 10.4. The average molecular weight is 203 g/mol. The number of thiocarbonyl (C=S) groups is 1. The Morgan fingerprint density at radius 3 is 2.46 bits per heavy atom. The van der Waals surface area contributed by atoms with Gasteiger partial charge in [0.05, 0.1) is 11.5 Å². The van der Waals surface area contributed by atoms with Crippen molar-refractivity contribution in [3.05, 3.63) is 0 Å². The molecule has 0 atom stereocenters. The molecule has 5 heteroatoms. The first-order chi connectivity index (χ1) is 5.99. The minimum atomic E-state index is -0.120. The Kier molecular flexibility index (Phi) is 5.37. The lowest BCUT2D eigenvalue weighted by atomic mass is 10.3. The average Bonchev–Trinajstić information content (AvgIpc) is 1.99. The fourth-order valence-corrected chi connectivity index (χ4v) is 1.05. The van der Waals surface area contributed by atoms with Gasteiger partial charge in [0.25, 0.3) is 0 Å². The van der Waals surface area contributed by atoms with Crippen LogP contribution in [-0.4, -0.2) is 35.1 Å². The molecule has 0 saturated carbocycles. The second-order valence-electron chi connectivity index (χ2n) is 3.02.